The zero-order valence-corrected chi connectivity index (χ0v) is 13.9. The number of hydrogen-bond acceptors (Lipinski definition) is 4. The lowest BCUT2D eigenvalue weighted by atomic mass is 10.2. The molecule has 0 aliphatic carbocycles. The summed E-state index contributed by atoms with van der Waals surface area (Å²) in [6.45, 7) is 0. The maximum absolute atomic E-state index is 12.2. The summed E-state index contributed by atoms with van der Waals surface area (Å²) < 4.78 is 26.6. The fourth-order valence-corrected chi connectivity index (χ4v) is 4.20. The van der Waals surface area contributed by atoms with Crippen LogP contribution in [-0.2, 0) is 20.6 Å². The van der Waals surface area contributed by atoms with Crippen molar-refractivity contribution in [2.75, 3.05) is 5.75 Å². The van der Waals surface area contributed by atoms with Gasteiger partial charge in [-0.1, -0.05) is 48.5 Å². The van der Waals surface area contributed by atoms with Gasteiger partial charge in [0.05, 0.1) is 4.90 Å². The molecule has 0 radical (unpaired) electrons. The van der Waals surface area contributed by atoms with Crippen LogP contribution in [0.25, 0.3) is 0 Å². The summed E-state index contributed by atoms with van der Waals surface area (Å²) in [7, 11) is -3.84. The molecule has 1 atom stereocenters. The van der Waals surface area contributed by atoms with Crippen molar-refractivity contribution < 1.29 is 18.3 Å². The lowest BCUT2D eigenvalue weighted by Crippen LogP contribution is -2.42. The predicted octanol–water partition coefficient (Wildman–Crippen LogP) is 2.35. The van der Waals surface area contributed by atoms with Gasteiger partial charge >= 0.3 is 5.97 Å². The van der Waals surface area contributed by atoms with Gasteiger partial charge in [0, 0.05) is 11.5 Å². The second-order valence-corrected chi connectivity index (χ2v) is 7.57. The van der Waals surface area contributed by atoms with Crippen molar-refractivity contribution in [2.45, 2.75) is 16.7 Å². The molecule has 0 fully saturated rings. The van der Waals surface area contributed by atoms with Crippen molar-refractivity contribution in [3.8, 4) is 0 Å². The summed E-state index contributed by atoms with van der Waals surface area (Å²) >= 11 is 1.37. The van der Waals surface area contributed by atoms with Crippen LogP contribution >= 0.6 is 11.8 Å². The van der Waals surface area contributed by atoms with Crippen molar-refractivity contribution in [3.63, 3.8) is 0 Å². The average Bonchev–Trinajstić information content (AvgIpc) is 2.55. The number of carbonyl (C=O) groups is 1. The number of benzene rings is 2. The van der Waals surface area contributed by atoms with Crippen LogP contribution < -0.4 is 4.72 Å². The molecular formula is C16H17NO4S2. The number of carboxylic acids is 1. The number of rotatable bonds is 8. The van der Waals surface area contributed by atoms with Crippen LogP contribution in [0.2, 0.25) is 0 Å². The molecule has 5 nitrogen and oxygen atoms in total. The molecule has 0 bridgehead atoms. The third kappa shape index (κ3) is 5.38. The highest BCUT2D eigenvalue weighted by molar-refractivity contribution is 7.98. The Morgan fingerprint density at radius 3 is 2.17 bits per heavy atom. The van der Waals surface area contributed by atoms with Crippen molar-refractivity contribution in [3.05, 3.63) is 66.2 Å². The lowest BCUT2D eigenvalue weighted by Gasteiger charge is -2.14. The topological polar surface area (TPSA) is 83.5 Å². The van der Waals surface area contributed by atoms with Crippen molar-refractivity contribution >= 4 is 27.8 Å². The fourth-order valence-electron chi connectivity index (χ4n) is 1.88. The van der Waals surface area contributed by atoms with E-state index in [-0.39, 0.29) is 10.6 Å². The van der Waals surface area contributed by atoms with Crippen LogP contribution in [0, 0.1) is 0 Å². The maximum Gasteiger partial charge on any atom is 0.322 e. The van der Waals surface area contributed by atoms with E-state index in [1.807, 2.05) is 30.3 Å². The highest BCUT2D eigenvalue weighted by Gasteiger charge is 2.25. The van der Waals surface area contributed by atoms with E-state index in [0.29, 0.717) is 5.75 Å². The van der Waals surface area contributed by atoms with E-state index < -0.39 is 22.0 Å². The van der Waals surface area contributed by atoms with Gasteiger partial charge in [0.15, 0.2) is 0 Å². The molecule has 2 aromatic rings. The molecular weight excluding hydrogens is 334 g/mol. The predicted molar refractivity (Wildman–Crippen MR) is 90.8 cm³/mol. The van der Waals surface area contributed by atoms with Gasteiger partial charge in [-0.15, -0.1) is 0 Å². The Kier molecular flexibility index (Phi) is 6.20. The van der Waals surface area contributed by atoms with Crippen LogP contribution in [0.4, 0.5) is 0 Å². The van der Waals surface area contributed by atoms with Gasteiger partial charge in [0.2, 0.25) is 10.0 Å². The van der Waals surface area contributed by atoms with Crippen molar-refractivity contribution in [1.82, 2.24) is 4.72 Å². The molecule has 122 valence electrons. The van der Waals surface area contributed by atoms with Gasteiger partial charge in [-0.2, -0.15) is 16.5 Å². The number of nitrogens with one attached hydrogen (secondary N) is 1. The molecule has 2 rings (SSSR count). The Morgan fingerprint density at radius 1 is 1.04 bits per heavy atom. The summed E-state index contributed by atoms with van der Waals surface area (Å²) in [6, 6.07) is 16.2. The fraction of sp³-hybridized carbons (Fsp3) is 0.188. The molecule has 2 aromatic carbocycles. The smallest absolute Gasteiger partial charge is 0.322 e. The summed E-state index contributed by atoms with van der Waals surface area (Å²) in [5.41, 5.74) is 1.06. The third-order valence-electron chi connectivity index (χ3n) is 3.05. The molecule has 0 aromatic heterocycles. The van der Waals surface area contributed by atoms with Crippen LogP contribution in [0.15, 0.2) is 65.6 Å². The van der Waals surface area contributed by atoms with Crippen LogP contribution in [0.1, 0.15) is 5.56 Å². The van der Waals surface area contributed by atoms with Gasteiger partial charge in [-0.05, 0) is 17.7 Å². The second-order valence-electron chi connectivity index (χ2n) is 4.83. The van der Waals surface area contributed by atoms with Gasteiger partial charge in [-0.25, -0.2) is 8.42 Å². The van der Waals surface area contributed by atoms with Crippen LogP contribution in [-0.4, -0.2) is 31.3 Å². The van der Waals surface area contributed by atoms with E-state index >= 15 is 0 Å². The van der Waals surface area contributed by atoms with Crippen LogP contribution in [0.3, 0.4) is 0 Å². The first kappa shape index (κ1) is 17.5. The van der Waals surface area contributed by atoms with E-state index in [9.17, 15) is 18.3 Å². The Bertz CT molecular complexity index is 733. The van der Waals surface area contributed by atoms with Gasteiger partial charge < -0.3 is 5.11 Å². The molecule has 2 N–H and O–H groups in total. The second kappa shape index (κ2) is 8.14. The first-order valence-electron chi connectivity index (χ1n) is 6.91. The number of carboxylic acid groups (broad SMARTS) is 1. The summed E-state index contributed by atoms with van der Waals surface area (Å²) in [5, 5.41) is 9.24. The van der Waals surface area contributed by atoms with Crippen molar-refractivity contribution in [2.24, 2.45) is 0 Å². The molecule has 0 saturated heterocycles. The van der Waals surface area contributed by atoms with Gasteiger partial charge in [0.25, 0.3) is 0 Å². The number of sulfonamides is 1. The highest BCUT2D eigenvalue weighted by Crippen LogP contribution is 2.15. The molecule has 0 spiro atoms. The Labute approximate surface area is 139 Å². The summed E-state index contributed by atoms with van der Waals surface area (Å²) in [5.74, 6) is -0.418. The Hall–Kier alpha value is -1.83. The van der Waals surface area contributed by atoms with E-state index in [1.165, 1.54) is 23.9 Å². The van der Waals surface area contributed by atoms with E-state index in [4.69, 9.17) is 0 Å². The Morgan fingerprint density at radius 2 is 1.61 bits per heavy atom. The van der Waals surface area contributed by atoms with E-state index in [1.54, 1.807) is 18.2 Å². The monoisotopic (exact) mass is 351 g/mol. The summed E-state index contributed by atoms with van der Waals surface area (Å²) in [4.78, 5) is 11.4. The molecule has 0 unspecified atom stereocenters. The summed E-state index contributed by atoms with van der Waals surface area (Å²) in [6.07, 6.45) is 0. The molecule has 0 heterocycles. The number of aliphatic carboxylic acids is 1. The molecule has 7 heteroatoms. The van der Waals surface area contributed by atoms with E-state index in [2.05, 4.69) is 4.72 Å². The maximum atomic E-state index is 12.2. The normalized spacial score (nSPS) is 12.7. The lowest BCUT2D eigenvalue weighted by molar-refractivity contribution is -0.138. The highest BCUT2D eigenvalue weighted by atomic mass is 32.2. The van der Waals surface area contributed by atoms with Crippen LogP contribution in [0.5, 0.6) is 0 Å². The number of thioether (sulfide) groups is 1. The number of hydrogen-bond donors (Lipinski definition) is 2. The Balaban J connectivity index is 1.98. The first-order valence-corrected chi connectivity index (χ1v) is 9.55. The standard InChI is InChI=1S/C16H17NO4S2/c18-16(19)15(12-22-11-13-7-3-1-4-8-13)17-23(20,21)14-9-5-2-6-10-14/h1-10,15,17H,11-12H2,(H,18,19)/t15-/m0/s1. The molecule has 0 aliphatic rings. The van der Waals surface area contributed by atoms with Gasteiger partial charge in [0.1, 0.15) is 6.04 Å². The van der Waals surface area contributed by atoms with Crippen molar-refractivity contribution in [1.29, 1.82) is 0 Å². The quantitative estimate of drug-likeness (QED) is 0.763. The molecule has 0 aliphatic heterocycles. The zero-order valence-electron chi connectivity index (χ0n) is 12.3. The largest absolute Gasteiger partial charge is 0.480 e. The third-order valence-corrected chi connectivity index (χ3v) is 5.64. The minimum atomic E-state index is -3.84. The zero-order chi connectivity index (χ0) is 16.7. The molecule has 0 saturated carbocycles. The minimum absolute atomic E-state index is 0.0549. The van der Waals surface area contributed by atoms with Gasteiger partial charge in [-0.3, -0.25) is 4.79 Å². The SMILES string of the molecule is O=C(O)[C@H](CSCc1ccccc1)NS(=O)(=O)c1ccccc1. The molecule has 23 heavy (non-hydrogen) atoms. The average molecular weight is 351 g/mol. The molecule has 0 amide bonds. The van der Waals surface area contributed by atoms with E-state index in [0.717, 1.165) is 5.56 Å². The first-order chi connectivity index (χ1) is 11.0. The minimum Gasteiger partial charge on any atom is -0.480 e.